The third kappa shape index (κ3) is 4.57. The van der Waals surface area contributed by atoms with Gasteiger partial charge >= 0.3 is 0 Å². The normalized spacial score (nSPS) is 12.4. The molecular formula is C17H18Br2O. The molecule has 0 aliphatic rings. The Morgan fingerprint density at radius 2 is 1.90 bits per heavy atom. The zero-order valence-corrected chi connectivity index (χ0v) is 14.9. The van der Waals surface area contributed by atoms with Gasteiger partial charge in [0.25, 0.3) is 0 Å². The van der Waals surface area contributed by atoms with E-state index in [0.29, 0.717) is 16.5 Å². The Bertz CT molecular complexity index is 551. The molecule has 20 heavy (non-hydrogen) atoms. The summed E-state index contributed by atoms with van der Waals surface area (Å²) < 4.78 is 0.758. The van der Waals surface area contributed by atoms with Gasteiger partial charge in [-0.2, -0.15) is 0 Å². The van der Waals surface area contributed by atoms with Crippen molar-refractivity contribution in [2.75, 3.05) is 5.33 Å². The van der Waals surface area contributed by atoms with Gasteiger partial charge in [0.15, 0.2) is 5.78 Å². The topological polar surface area (TPSA) is 17.1 Å². The molecule has 0 saturated heterocycles. The highest BCUT2D eigenvalue weighted by Crippen LogP contribution is 2.23. The molecule has 1 aromatic carbocycles. The summed E-state index contributed by atoms with van der Waals surface area (Å²) in [6.45, 7) is 7.85. The zero-order chi connectivity index (χ0) is 15.1. The van der Waals surface area contributed by atoms with E-state index in [1.54, 1.807) is 0 Å². The fourth-order valence-corrected chi connectivity index (χ4v) is 2.61. The summed E-state index contributed by atoms with van der Waals surface area (Å²) in [5.74, 6) is 0.0145. The largest absolute Gasteiger partial charge is 0.289 e. The lowest BCUT2D eigenvalue weighted by atomic mass is 10.0. The van der Waals surface area contributed by atoms with Crippen LogP contribution in [0.5, 0.6) is 0 Å². The first-order valence-corrected chi connectivity index (χ1v) is 8.36. The Morgan fingerprint density at radius 1 is 1.30 bits per heavy atom. The number of aryl methyl sites for hydroxylation is 1. The summed E-state index contributed by atoms with van der Waals surface area (Å²) in [6, 6.07) is 7.75. The molecule has 0 saturated carbocycles. The number of ketones is 1. The van der Waals surface area contributed by atoms with E-state index in [0.717, 1.165) is 16.5 Å². The van der Waals surface area contributed by atoms with Crippen molar-refractivity contribution in [3.63, 3.8) is 0 Å². The van der Waals surface area contributed by atoms with Crippen LogP contribution in [0.3, 0.4) is 0 Å². The van der Waals surface area contributed by atoms with E-state index in [2.05, 4.69) is 45.4 Å². The van der Waals surface area contributed by atoms with Crippen LogP contribution in [0.4, 0.5) is 0 Å². The SMILES string of the molecule is C=C(/C=C(Br)\C(=C/C)C(=O)c1ccc(CC)cc1)CBr. The molecule has 0 fully saturated rings. The highest BCUT2D eigenvalue weighted by Gasteiger charge is 2.14. The second-order valence-corrected chi connectivity index (χ2v) is 5.78. The van der Waals surface area contributed by atoms with Crippen LogP contribution in [0.15, 0.2) is 58.6 Å². The minimum absolute atomic E-state index is 0.0145. The smallest absolute Gasteiger partial charge is 0.193 e. The van der Waals surface area contributed by atoms with Crippen molar-refractivity contribution in [2.45, 2.75) is 20.3 Å². The molecule has 1 rings (SSSR count). The molecule has 0 heterocycles. The van der Waals surface area contributed by atoms with Gasteiger partial charge in [-0.3, -0.25) is 4.79 Å². The Balaban J connectivity index is 3.03. The third-order valence-corrected chi connectivity index (χ3v) is 4.29. The van der Waals surface area contributed by atoms with E-state index in [4.69, 9.17) is 0 Å². The summed E-state index contributed by atoms with van der Waals surface area (Å²) in [5.41, 5.74) is 3.48. The highest BCUT2D eigenvalue weighted by molar-refractivity contribution is 9.12. The molecule has 3 heteroatoms. The molecule has 0 spiro atoms. The monoisotopic (exact) mass is 396 g/mol. The van der Waals surface area contributed by atoms with Crippen molar-refractivity contribution >= 4 is 37.6 Å². The number of hydrogen-bond acceptors (Lipinski definition) is 1. The van der Waals surface area contributed by atoms with E-state index in [1.165, 1.54) is 5.56 Å². The molecule has 0 aliphatic heterocycles. The maximum Gasteiger partial charge on any atom is 0.193 e. The number of alkyl halides is 1. The Hall–Kier alpha value is -0.930. The molecule has 0 aliphatic carbocycles. The molecule has 0 bridgehead atoms. The first kappa shape index (κ1) is 17.1. The number of hydrogen-bond donors (Lipinski definition) is 0. The van der Waals surface area contributed by atoms with Gasteiger partial charge in [0, 0.05) is 20.9 Å². The van der Waals surface area contributed by atoms with Crippen LogP contribution in [0.2, 0.25) is 0 Å². The van der Waals surface area contributed by atoms with Crippen LogP contribution in [0, 0.1) is 0 Å². The van der Waals surface area contributed by atoms with Crippen molar-refractivity contribution in [2.24, 2.45) is 0 Å². The van der Waals surface area contributed by atoms with Crippen LogP contribution in [0.1, 0.15) is 29.8 Å². The minimum atomic E-state index is 0.0145. The number of benzene rings is 1. The predicted molar refractivity (Wildman–Crippen MR) is 93.9 cm³/mol. The lowest BCUT2D eigenvalue weighted by molar-refractivity contribution is 0.103. The van der Waals surface area contributed by atoms with E-state index < -0.39 is 0 Å². The molecule has 0 radical (unpaired) electrons. The van der Waals surface area contributed by atoms with Gasteiger partial charge in [-0.15, -0.1) is 0 Å². The molecule has 106 valence electrons. The number of rotatable bonds is 6. The van der Waals surface area contributed by atoms with Crippen LogP contribution in [-0.4, -0.2) is 11.1 Å². The number of Topliss-reactive ketones (excluding diaryl/α,β-unsaturated/α-hetero) is 1. The van der Waals surface area contributed by atoms with Gasteiger partial charge in [-0.25, -0.2) is 0 Å². The van der Waals surface area contributed by atoms with Crippen molar-refractivity contribution < 1.29 is 4.79 Å². The third-order valence-electron chi connectivity index (χ3n) is 2.92. The molecule has 1 nitrogen and oxygen atoms in total. The van der Waals surface area contributed by atoms with E-state index in [1.807, 2.05) is 43.3 Å². The van der Waals surface area contributed by atoms with Crippen molar-refractivity contribution in [1.29, 1.82) is 0 Å². The number of allylic oxidation sites excluding steroid dienone is 5. The zero-order valence-electron chi connectivity index (χ0n) is 11.7. The molecule has 0 amide bonds. The summed E-state index contributed by atoms with van der Waals surface area (Å²) in [5, 5.41) is 0.679. The standard InChI is InChI=1S/C17H18Br2O/c1-4-13-6-8-14(9-7-13)17(20)15(5-2)16(19)10-12(3)11-18/h5-10H,3-4,11H2,1-2H3/b15-5+,16-10+. The summed E-state index contributed by atoms with van der Waals surface area (Å²) in [6.07, 6.45) is 4.65. The summed E-state index contributed by atoms with van der Waals surface area (Å²) in [7, 11) is 0. The van der Waals surface area contributed by atoms with Gasteiger partial charge in [-0.05, 0) is 30.6 Å². The second kappa shape index (κ2) is 8.38. The van der Waals surface area contributed by atoms with Gasteiger partial charge in [-0.1, -0.05) is 75.7 Å². The van der Waals surface area contributed by atoms with Crippen LogP contribution in [0.25, 0.3) is 0 Å². The van der Waals surface area contributed by atoms with Gasteiger partial charge < -0.3 is 0 Å². The quantitative estimate of drug-likeness (QED) is 0.264. The second-order valence-electron chi connectivity index (χ2n) is 4.37. The van der Waals surface area contributed by atoms with E-state index in [-0.39, 0.29) is 5.78 Å². The first-order chi connectivity index (χ1) is 9.53. The lowest BCUT2D eigenvalue weighted by Crippen LogP contribution is -2.04. The fourth-order valence-electron chi connectivity index (χ4n) is 1.72. The maximum atomic E-state index is 12.5. The first-order valence-electron chi connectivity index (χ1n) is 6.44. The van der Waals surface area contributed by atoms with E-state index in [9.17, 15) is 4.79 Å². The molecular weight excluding hydrogens is 380 g/mol. The fraction of sp³-hybridized carbons (Fsp3) is 0.235. The molecule has 1 aromatic rings. The van der Waals surface area contributed by atoms with Crippen LogP contribution >= 0.6 is 31.9 Å². The van der Waals surface area contributed by atoms with Gasteiger partial charge in [0.2, 0.25) is 0 Å². The van der Waals surface area contributed by atoms with E-state index >= 15 is 0 Å². The molecule has 0 unspecified atom stereocenters. The average Bonchev–Trinajstić information content (AvgIpc) is 2.47. The number of carbonyl (C=O) groups excluding carboxylic acids is 1. The average molecular weight is 398 g/mol. The lowest BCUT2D eigenvalue weighted by Gasteiger charge is -2.07. The van der Waals surface area contributed by atoms with Crippen molar-refractivity contribution in [1.82, 2.24) is 0 Å². The Morgan fingerprint density at radius 3 is 2.35 bits per heavy atom. The van der Waals surface area contributed by atoms with Gasteiger partial charge in [0.1, 0.15) is 0 Å². The van der Waals surface area contributed by atoms with Gasteiger partial charge in [0.05, 0.1) is 0 Å². The van der Waals surface area contributed by atoms with Crippen molar-refractivity contribution in [3.8, 4) is 0 Å². The summed E-state index contributed by atoms with van der Waals surface area (Å²) >= 11 is 6.81. The number of halogens is 2. The highest BCUT2D eigenvalue weighted by atomic mass is 79.9. The Labute approximate surface area is 137 Å². The Kier molecular flexibility index (Phi) is 7.17. The maximum absolute atomic E-state index is 12.5. The number of carbonyl (C=O) groups is 1. The molecule has 0 aromatic heterocycles. The predicted octanol–water partition coefficient (Wildman–Crippen LogP) is 5.61. The molecule has 0 atom stereocenters. The van der Waals surface area contributed by atoms with Crippen LogP contribution < -0.4 is 0 Å². The molecule has 0 N–H and O–H groups in total. The van der Waals surface area contributed by atoms with Crippen molar-refractivity contribution in [3.05, 3.63) is 69.8 Å². The van der Waals surface area contributed by atoms with Crippen LogP contribution in [-0.2, 0) is 6.42 Å². The summed E-state index contributed by atoms with van der Waals surface area (Å²) in [4.78, 5) is 12.5. The minimum Gasteiger partial charge on any atom is -0.289 e.